The van der Waals surface area contributed by atoms with Gasteiger partial charge in [0, 0.05) is 22.7 Å². The van der Waals surface area contributed by atoms with Crippen LogP contribution in [0.5, 0.6) is 0 Å². The Morgan fingerprint density at radius 3 is 1.55 bits per heavy atom. The number of carbonyl (C=O) groups excluding carboxylic acids is 2. The average molecular weight is 396 g/mol. The van der Waals surface area contributed by atoms with Crippen LogP contribution in [0.2, 0.25) is 0 Å². The van der Waals surface area contributed by atoms with Gasteiger partial charge in [0.1, 0.15) is 11.6 Å². The summed E-state index contributed by atoms with van der Waals surface area (Å²) in [4.78, 5) is 24.3. The third-order valence-electron chi connectivity index (χ3n) is 3.95. The minimum Gasteiger partial charge on any atom is -0.308 e. The lowest BCUT2D eigenvalue weighted by Gasteiger charge is -2.13. The van der Waals surface area contributed by atoms with Crippen molar-refractivity contribution < 1.29 is 18.4 Å². The normalized spacial score (nSPS) is 10.2. The Morgan fingerprint density at radius 1 is 0.621 bits per heavy atom. The van der Waals surface area contributed by atoms with E-state index >= 15 is 0 Å². The Kier molecular flexibility index (Phi) is 6.03. The molecule has 0 fully saturated rings. The molecule has 3 rings (SSSR count). The van der Waals surface area contributed by atoms with Gasteiger partial charge in [0.15, 0.2) is 0 Å². The minimum absolute atomic E-state index is 0.399. The number of urea groups is 2. The predicted molar refractivity (Wildman–Crippen MR) is 109 cm³/mol. The molecule has 0 spiro atoms. The maximum absolute atomic E-state index is 12.9. The lowest BCUT2D eigenvalue weighted by atomic mass is 10.2. The molecule has 0 atom stereocenters. The molecular weight excluding hydrogens is 378 g/mol. The van der Waals surface area contributed by atoms with Crippen molar-refractivity contribution in [1.29, 1.82) is 0 Å². The van der Waals surface area contributed by atoms with Gasteiger partial charge in [0.25, 0.3) is 0 Å². The summed E-state index contributed by atoms with van der Waals surface area (Å²) in [6.45, 7) is 1.80. The second-order valence-corrected chi connectivity index (χ2v) is 6.20. The van der Waals surface area contributed by atoms with Gasteiger partial charge in [-0.1, -0.05) is 6.07 Å². The summed E-state index contributed by atoms with van der Waals surface area (Å²) in [6, 6.07) is 14.7. The van der Waals surface area contributed by atoms with Crippen molar-refractivity contribution in [3.63, 3.8) is 0 Å². The smallest absolute Gasteiger partial charge is 0.308 e. The van der Waals surface area contributed by atoms with Crippen LogP contribution in [0.3, 0.4) is 0 Å². The summed E-state index contributed by atoms with van der Waals surface area (Å²) in [7, 11) is 0. The zero-order chi connectivity index (χ0) is 20.8. The molecule has 0 unspecified atom stereocenters. The molecule has 0 aliphatic rings. The minimum atomic E-state index is -0.512. The fraction of sp³-hybridized carbons (Fsp3) is 0.0476. The van der Waals surface area contributed by atoms with Gasteiger partial charge in [-0.2, -0.15) is 0 Å². The monoisotopic (exact) mass is 396 g/mol. The number of hydrogen-bond acceptors (Lipinski definition) is 2. The van der Waals surface area contributed by atoms with E-state index in [0.717, 1.165) is 5.56 Å². The highest BCUT2D eigenvalue weighted by atomic mass is 19.1. The Labute approximate surface area is 165 Å². The van der Waals surface area contributed by atoms with Crippen molar-refractivity contribution in [1.82, 2.24) is 0 Å². The first-order valence-electron chi connectivity index (χ1n) is 8.67. The molecule has 0 aromatic heterocycles. The number of aryl methyl sites for hydroxylation is 1. The first kappa shape index (κ1) is 19.8. The van der Waals surface area contributed by atoms with E-state index in [1.807, 2.05) is 0 Å². The van der Waals surface area contributed by atoms with Crippen molar-refractivity contribution in [2.75, 3.05) is 21.3 Å². The summed E-state index contributed by atoms with van der Waals surface area (Å²) in [5, 5.41) is 10.5. The average Bonchev–Trinajstić information content (AvgIpc) is 2.68. The Bertz CT molecular complexity index is 1020. The molecule has 0 saturated heterocycles. The first-order chi connectivity index (χ1) is 13.9. The third-order valence-corrected chi connectivity index (χ3v) is 3.95. The highest BCUT2D eigenvalue weighted by Gasteiger charge is 2.08. The van der Waals surface area contributed by atoms with Crippen LogP contribution in [-0.2, 0) is 0 Å². The molecule has 0 saturated carbocycles. The van der Waals surface area contributed by atoms with Gasteiger partial charge in [-0.3, -0.25) is 0 Å². The Morgan fingerprint density at radius 2 is 1.03 bits per heavy atom. The molecular formula is C21H18F2N4O2. The van der Waals surface area contributed by atoms with Crippen LogP contribution in [0.15, 0.2) is 66.7 Å². The van der Waals surface area contributed by atoms with E-state index in [1.54, 1.807) is 25.1 Å². The van der Waals surface area contributed by atoms with Crippen LogP contribution >= 0.6 is 0 Å². The van der Waals surface area contributed by atoms with Gasteiger partial charge in [-0.05, 0) is 73.2 Å². The number of hydrogen-bond donors (Lipinski definition) is 4. The number of carbonyl (C=O) groups is 2. The van der Waals surface area contributed by atoms with E-state index in [2.05, 4.69) is 21.3 Å². The van der Waals surface area contributed by atoms with E-state index in [0.29, 0.717) is 22.7 Å². The lowest BCUT2D eigenvalue weighted by molar-refractivity contribution is 0.261. The molecule has 4 N–H and O–H groups in total. The third kappa shape index (κ3) is 5.77. The summed E-state index contributed by atoms with van der Waals surface area (Å²) < 4.78 is 25.9. The number of anilines is 4. The number of halogens is 2. The number of rotatable bonds is 4. The number of nitrogens with one attached hydrogen (secondary N) is 4. The predicted octanol–water partition coefficient (Wildman–Crippen LogP) is 5.56. The lowest BCUT2D eigenvalue weighted by Crippen LogP contribution is -2.21. The van der Waals surface area contributed by atoms with Gasteiger partial charge in [0.2, 0.25) is 0 Å². The molecule has 4 amide bonds. The fourth-order valence-electron chi connectivity index (χ4n) is 2.48. The maximum Gasteiger partial charge on any atom is 0.323 e. The molecule has 0 heterocycles. The zero-order valence-electron chi connectivity index (χ0n) is 15.4. The Balaban J connectivity index is 1.62. The van der Waals surface area contributed by atoms with E-state index in [4.69, 9.17) is 0 Å². The molecule has 0 radical (unpaired) electrons. The van der Waals surface area contributed by atoms with Crippen molar-refractivity contribution in [2.45, 2.75) is 6.92 Å². The molecule has 0 bridgehead atoms. The van der Waals surface area contributed by atoms with Crippen LogP contribution in [0.25, 0.3) is 0 Å². The highest BCUT2D eigenvalue weighted by Crippen LogP contribution is 2.21. The van der Waals surface area contributed by atoms with Crippen LogP contribution in [0, 0.1) is 18.6 Å². The topological polar surface area (TPSA) is 82.3 Å². The van der Waals surface area contributed by atoms with Crippen molar-refractivity contribution >= 4 is 34.8 Å². The molecule has 6 nitrogen and oxygen atoms in total. The second-order valence-electron chi connectivity index (χ2n) is 6.20. The van der Waals surface area contributed by atoms with Crippen LogP contribution in [0.4, 0.5) is 41.1 Å². The van der Waals surface area contributed by atoms with Gasteiger partial charge in [-0.15, -0.1) is 0 Å². The van der Waals surface area contributed by atoms with Crippen LogP contribution in [0.1, 0.15) is 5.56 Å². The summed E-state index contributed by atoms with van der Waals surface area (Å²) in [5.74, 6) is -0.798. The van der Waals surface area contributed by atoms with E-state index < -0.39 is 23.7 Å². The molecule has 3 aromatic carbocycles. The van der Waals surface area contributed by atoms with Gasteiger partial charge in [-0.25, -0.2) is 18.4 Å². The first-order valence-corrected chi connectivity index (χ1v) is 8.67. The molecule has 148 valence electrons. The molecule has 3 aromatic rings. The number of benzene rings is 3. The van der Waals surface area contributed by atoms with Gasteiger partial charge in [0.05, 0.1) is 0 Å². The fourth-order valence-corrected chi connectivity index (χ4v) is 2.48. The van der Waals surface area contributed by atoms with E-state index in [1.165, 1.54) is 48.5 Å². The quantitative estimate of drug-likeness (QED) is 0.466. The van der Waals surface area contributed by atoms with Crippen LogP contribution < -0.4 is 21.3 Å². The summed E-state index contributed by atoms with van der Waals surface area (Å²) in [6.07, 6.45) is 0. The number of amides is 4. The second kappa shape index (κ2) is 8.83. The maximum atomic E-state index is 12.9. The summed E-state index contributed by atoms with van der Waals surface area (Å²) in [5.41, 5.74) is 2.60. The standard InChI is InChI=1S/C21H18F2N4O2/c1-13-2-7-18(26-20(28)24-16-8-3-14(22)4-9-16)12-19(13)27-21(29)25-17-10-5-15(23)6-11-17/h2-12H,1H3,(H2,24,26,28)(H2,25,27,29). The van der Waals surface area contributed by atoms with Gasteiger partial charge >= 0.3 is 12.1 Å². The van der Waals surface area contributed by atoms with E-state index in [-0.39, 0.29) is 0 Å². The summed E-state index contributed by atoms with van der Waals surface area (Å²) >= 11 is 0. The van der Waals surface area contributed by atoms with Crippen molar-refractivity contribution in [2.24, 2.45) is 0 Å². The van der Waals surface area contributed by atoms with Crippen LogP contribution in [-0.4, -0.2) is 12.1 Å². The molecule has 0 aliphatic carbocycles. The molecule has 0 aliphatic heterocycles. The largest absolute Gasteiger partial charge is 0.323 e. The van der Waals surface area contributed by atoms with E-state index in [9.17, 15) is 18.4 Å². The van der Waals surface area contributed by atoms with Gasteiger partial charge < -0.3 is 21.3 Å². The van der Waals surface area contributed by atoms with Crippen molar-refractivity contribution in [3.8, 4) is 0 Å². The Hall–Kier alpha value is -3.94. The van der Waals surface area contributed by atoms with Crippen molar-refractivity contribution in [3.05, 3.63) is 83.9 Å². The molecule has 8 heteroatoms. The molecule has 29 heavy (non-hydrogen) atoms. The zero-order valence-corrected chi connectivity index (χ0v) is 15.4. The highest BCUT2D eigenvalue weighted by molar-refractivity contribution is 6.02. The SMILES string of the molecule is Cc1ccc(NC(=O)Nc2ccc(F)cc2)cc1NC(=O)Nc1ccc(F)cc1.